The molecule has 0 radical (unpaired) electrons. The van der Waals surface area contributed by atoms with Crippen LogP contribution < -0.4 is 5.73 Å². The topological polar surface area (TPSA) is 89.4 Å². The van der Waals surface area contributed by atoms with Crippen LogP contribution in [-0.4, -0.2) is 10.0 Å². The van der Waals surface area contributed by atoms with E-state index in [0.29, 0.717) is 16.5 Å². The van der Waals surface area contributed by atoms with Gasteiger partial charge in [0.2, 0.25) is 0 Å². The Morgan fingerprint density at radius 2 is 2.17 bits per heavy atom. The first-order valence-electron chi connectivity index (χ1n) is 5.89. The lowest BCUT2D eigenvalue weighted by molar-refractivity contribution is -0.385. The number of hydrogen-bond donors (Lipinski definition) is 2. The molecule has 0 bridgehead atoms. The minimum Gasteiger partial charge on any atom is -0.506 e. The fourth-order valence-electron chi connectivity index (χ4n) is 1.76. The second kappa shape index (κ2) is 6.70. The Labute approximate surface area is 114 Å². The normalized spacial score (nSPS) is 12.4. The van der Waals surface area contributed by atoms with Crippen molar-refractivity contribution in [3.63, 3.8) is 0 Å². The predicted octanol–water partition coefficient (Wildman–Crippen LogP) is 3.64. The van der Waals surface area contributed by atoms with Gasteiger partial charge in [-0.1, -0.05) is 26.2 Å². The molecule has 0 heterocycles. The summed E-state index contributed by atoms with van der Waals surface area (Å²) in [6.07, 6.45) is 3.79. The second-order valence-corrected chi connectivity index (χ2v) is 5.08. The van der Waals surface area contributed by atoms with Gasteiger partial charge in [0.05, 0.1) is 9.40 Å². The molecule has 100 valence electrons. The molecule has 18 heavy (non-hydrogen) atoms. The summed E-state index contributed by atoms with van der Waals surface area (Å²) in [7, 11) is 0. The van der Waals surface area contributed by atoms with Crippen molar-refractivity contribution in [2.24, 2.45) is 5.73 Å². The highest BCUT2D eigenvalue weighted by molar-refractivity contribution is 9.10. The highest BCUT2D eigenvalue weighted by Gasteiger charge is 2.19. The van der Waals surface area contributed by atoms with Crippen LogP contribution in [0, 0.1) is 10.1 Å². The lowest BCUT2D eigenvalue weighted by Gasteiger charge is -2.14. The molecule has 5 nitrogen and oxygen atoms in total. The maximum atomic E-state index is 10.8. The van der Waals surface area contributed by atoms with Crippen molar-refractivity contribution in [1.82, 2.24) is 0 Å². The number of non-ortho nitro benzene ring substituents is 1. The number of nitrogens with two attached hydrogens (primary N) is 1. The largest absolute Gasteiger partial charge is 0.506 e. The number of nitro benzene ring substituents is 1. The Morgan fingerprint density at radius 3 is 2.72 bits per heavy atom. The SMILES string of the molecule is CCCCC[C@@H](N)c1cc([N+](=O)[O-])cc(Br)c1O. The molecule has 0 amide bonds. The van der Waals surface area contributed by atoms with Crippen molar-refractivity contribution in [2.45, 2.75) is 38.6 Å². The number of halogens is 1. The van der Waals surface area contributed by atoms with Gasteiger partial charge in [0.15, 0.2) is 0 Å². The van der Waals surface area contributed by atoms with E-state index in [-0.39, 0.29) is 17.5 Å². The Kier molecular flexibility index (Phi) is 5.55. The zero-order chi connectivity index (χ0) is 13.7. The molecular formula is C12H17BrN2O3. The van der Waals surface area contributed by atoms with Crippen LogP contribution in [-0.2, 0) is 0 Å². The summed E-state index contributed by atoms with van der Waals surface area (Å²) in [4.78, 5) is 10.3. The first kappa shape index (κ1) is 14.9. The van der Waals surface area contributed by atoms with Gasteiger partial charge in [0.25, 0.3) is 5.69 Å². The van der Waals surface area contributed by atoms with Gasteiger partial charge in [-0.2, -0.15) is 0 Å². The molecule has 1 aromatic carbocycles. The fourth-order valence-corrected chi connectivity index (χ4v) is 2.23. The number of rotatable bonds is 6. The number of unbranched alkanes of at least 4 members (excludes halogenated alkanes) is 2. The maximum Gasteiger partial charge on any atom is 0.271 e. The van der Waals surface area contributed by atoms with Gasteiger partial charge < -0.3 is 10.8 Å². The number of phenols is 1. The molecule has 0 fully saturated rings. The van der Waals surface area contributed by atoms with E-state index in [2.05, 4.69) is 22.9 Å². The quantitative estimate of drug-likeness (QED) is 0.476. The molecule has 0 aliphatic rings. The molecule has 0 aromatic heterocycles. The minimum atomic E-state index is -0.494. The van der Waals surface area contributed by atoms with Crippen LogP contribution in [0.25, 0.3) is 0 Å². The number of nitro groups is 1. The van der Waals surface area contributed by atoms with E-state index in [0.717, 1.165) is 19.3 Å². The zero-order valence-electron chi connectivity index (χ0n) is 10.2. The van der Waals surface area contributed by atoms with Crippen LogP contribution in [0.15, 0.2) is 16.6 Å². The van der Waals surface area contributed by atoms with Gasteiger partial charge in [0, 0.05) is 23.7 Å². The smallest absolute Gasteiger partial charge is 0.271 e. The van der Waals surface area contributed by atoms with Gasteiger partial charge >= 0.3 is 0 Å². The van der Waals surface area contributed by atoms with Crippen molar-refractivity contribution >= 4 is 21.6 Å². The van der Waals surface area contributed by atoms with Crippen molar-refractivity contribution < 1.29 is 10.0 Å². The van der Waals surface area contributed by atoms with Gasteiger partial charge in [0.1, 0.15) is 5.75 Å². The van der Waals surface area contributed by atoms with Crippen molar-refractivity contribution in [2.75, 3.05) is 0 Å². The van der Waals surface area contributed by atoms with E-state index in [1.54, 1.807) is 0 Å². The number of benzene rings is 1. The monoisotopic (exact) mass is 316 g/mol. The standard InChI is InChI=1S/C12H17BrN2O3/c1-2-3-4-5-11(14)9-6-8(15(17)18)7-10(13)12(9)16/h6-7,11,16H,2-5,14H2,1H3/t11-/m1/s1. The third-order valence-electron chi connectivity index (χ3n) is 2.81. The summed E-state index contributed by atoms with van der Waals surface area (Å²) in [5, 5.41) is 20.6. The zero-order valence-corrected chi connectivity index (χ0v) is 11.8. The average molecular weight is 317 g/mol. The second-order valence-electron chi connectivity index (χ2n) is 4.22. The Morgan fingerprint density at radius 1 is 1.50 bits per heavy atom. The molecule has 0 aliphatic heterocycles. The van der Waals surface area contributed by atoms with Crippen LogP contribution in [0.1, 0.15) is 44.2 Å². The summed E-state index contributed by atoms with van der Waals surface area (Å²) < 4.78 is 0.303. The van der Waals surface area contributed by atoms with Crippen molar-refractivity contribution in [3.8, 4) is 5.75 Å². The molecule has 3 N–H and O–H groups in total. The number of aromatic hydroxyl groups is 1. The van der Waals surface area contributed by atoms with Gasteiger partial charge in [-0.25, -0.2) is 0 Å². The van der Waals surface area contributed by atoms with Crippen LogP contribution in [0.2, 0.25) is 0 Å². The van der Waals surface area contributed by atoms with E-state index in [1.165, 1.54) is 12.1 Å². The summed E-state index contributed by atoms with van der Waals surface area (Å²) in [6.45, 7) is 2.09. The molecular weight excluding hydrogens is 300 g/mol. The van der Waals surface area contributed by atoms with Crippen LogP contribution in [0.5, 0.6) is 5.75 Å². The molecule has 0 unspecified atom stereocenters. The van der Waals surface area contributed by atoms with Crippen LogP contribution in [0.3, 0.4) is 0 Å². The summed E-state index contributed by atoms with van der Waals surface area (Å²) in [6, 6.07) is 2.24. The fraction of sp³-hybridized carbons (Fsp3) is 0.500. The van der Waals surface area contributed by atoms with E-state index in [1.807, 2.05) is 0 Å². The number of hydrogen-bond acceptors (Lipinski definition) is 4. The first-order valence-corrected chi connectivity index (χ1v) is 6.69. The van der Waals surface area contributed by atoms with Gasteiger partial charge in [-0.05, 0) is 22.4 Å². The van der Waals surface area contributed by atoms with Crippen LogP contribution >= 0.6 is 15.9 Å². The lowest BCUT2D eigenvalue weighted by Crippen LogP contribution is -2.11. The third kappa shape index (κ3) is 3.68. The third-order valence-corrected chi connectivity index (χ3v) is 3.41. The molecule has 1 rings (SSSR count). The number of phenolic OH excluding ortho intramolecular Hbond substituents is 1. The Hall–Kier alpha value is -1.14. The molecule has 1 aromatic rings. The van der Waals surface area contributed by atoms with E-state index in [9.17, 15) is 15.2 Å². The van der Waals surface area contributed by atoms with Gasteiger partial charge in [-0.3, -0.25) is 10.1 Å². The minimum absolute atomic E-state index is 0.00963. The molecule has 6 heteroatoms. The summed E-state index contributed by atoms with van der Waals surface area (Å²) in [5.41, 5.74) is 6.33. The summed E-state index contributed by atoms with van der Waals surface area (Å²) in [5.74, 6) is -0.00963. The highest BCUT2D eigenvalue weighted by Crippen LogP contribution is 2.36. The van der Waals surface area contributed by atoms with E-state index >= 15 is 0 Å². The molecule has 0 spiro atoms. The first-order chi connectivity index (χ1) is 8.47. The Balaban J connectivity index is 2.95. The van der Waals surface area contributed by atoms with Crippen molar-refractivity contribution in [1.29, 1.82) is 0 Å². The summed E-state index contributed by atoms with van der Waals surface area (Å²) >= 11 is 3.11. The maximum absolute atomic E-state index is 10.8. The predicted molar refractivity (Wildman–Crippen MR) is 73.5 cm³/mol. The van der Waals surface area contributed by atoms with Gasteiger partial charge in [-0.15, -0.1) is 0 Å². The molecule has 1 atom stereocenters. The Bertz CT molecular complexity index is 438. The highest BCUT2D eigenvalue weighted by atomic mass is 79.9. The molecule has 0 saturated carbocycles. The molecule has 0 saturated heterocycles. The van der Waals surface area contributed by atoms with E-state index in [4.69, 9.17) is 5.73 Å². The van der Waals surface area contributed by atoms with Crippen molar-refractivity contribution in [3.05, 3.63) is 32.3 Å². The molecule has 0 aliphatic carbocycles. The average Bonchev–Trinajstić information content (AvgIpc) is 2.32. The van der Waals surface area contributed by atoms with Crippen LogP contribution in [0.4, 0.5) is 5.69 Å². The van der Waals surface area contributed by atoms with E-state index < -0.39 is 4.92 Å². The number of nitrogens with zero attached hydrogens (tertiary/aromatic N) is 1. The lowest BCUT2D eigenvalue weighted by atomic mass is 10.00.